The second kappa shape index (κ2) is 33.8. The SMILES string of the molecule is CC1(C)C2C(C)(C)C(C)(C)C1C(C)(C)C2(C)C.CC1=C(C)C2C(C)(C)C1C(C)(C)C(C)(C)C2(C)C.CC1=C(C)C2C(C)(C)C1C(C)(C)C2(C)C.CC1=C(C)C2C(C)(C)C1C(C)(C)C2(C)C.Cc1c(C)c(C)n(C)c1C.Cc1nc(C)c(C)s1.Cc1nc(C)c(C)s1.Cc1nc(C)n(C)c1C.Cc1oc(C)c(C)c1C.Cc1oc(C)c(C)p1. The minimum atomic E-state index is 0.346. The summed E-state index contributed by atoms with van der Waals surface area (Å²) in [5.41, 5.74) is 30.4. The number of fused-ring (bicyclic) bond motifs is 8. The van der Waals surface area contributed by atoms with Gasteiger partial charge in [-0.2, -0.15) is 0 Å². The van der Waals surface area contributed by atoms with Gasteiger partial charge in [-0.15, -0.1) is 22.7 Å². The molecule has 6 heterocycles. The standard InChI is InChI=1S/C18H32.C17H32.2C15H26.C9H15N.C8H12O.C7H12N2.2C6H9NS.C6H9OP/c1-11-12(2)14-15(3,4)13(11)16(5,6)18(9,10)17(14,7)8;1-13(2)11-14(3,4)15(5,6)12(13)17(9,10)16(11,7)8;2*1-9-10(2)12-13(3,4)11(9)14(5,6)15(12,7)8;1-6-7(2)9(4)10(5)8(6)3;1-5-6(2)8(4)9-7(5)3;1-5-6(2)9(4)7(3)8-5;3*1-4-5(2)8-6(3)7-4/h13-14H,1-10H3;11-12H,1-10H3;2*11-12H,1-8H3;1-5H3;2*1-4H3;3*1-3H3. The van der Waals surface area contributed by atoms with E-state index < -0.39 is 0 Å². The van der Waals surface area contributed by atoms with Crippen molar-refractivity contribution in [2.45, 2.75) is 388 Å². The van der Waals surface area contributed by atoms with Crippen LogP contribution in [-0.4, -0.2) is 24.1 Å². The minimum Gasteiger partial charge on any atom is -0.466 e. The van der Waals surface area contributed by atoms with Crippen LogP contribution in [0, 0.1) is 267 Å². The molecule has 10 heteroatoms. The van der Waals surface area contributed by atoms with E-state index in [1.165, 1.54) is 84.0 Å². The van der Waals surface area contributed by atoms with E-state index in [2.05, 4.69) is 350 Å². The zero-order valence-corrected chi connectivity index (χ0v) is 90.0. The number of hydrogen-bond acceptors (Lipinski definition) is 7. The van der Waals surface area contributed by atoms with Gasteiger partial charge in [-0.05, 0) is 339 Å². The molecule has 0 radical (unpaired) electrons. The first-order valence-electron chi connectivity index (χ1n) is 44.9. The molecule has 8 aliphatic carbocycles. The second-order valence-electron chi connectivity index (χ2n) is 47.1. The van der Waals surface area contributed by atoms with Crippen molar-refractivity contribution in [2.24, 2.45) is 143 Å². The number of thiazole rings is 2. The number of furan rings is 1. The lowest BCUT2D eigenvalue weighted by molar-refractivity contribution is -0.171. The summed E-state index contributed by atoms with van der Waals surface area (Å²) in [6, 6.07) is 0. The Bertz CT molecular complexity index is 4090. The van der Waals surface area contributed by atoms with Gasteiger partial charge in [0.05, 0.1) is 27.1 Å². The highest BCUT2D eigenvalue weighted by molar-refractivity contribution is 7.31. The highest BCUT2D eigenvalue weighted by Gasteiger charge is 2.79. The molecule has 664 valence electrons. The molecule has 0 spiro atoms. The van der Waals surface area contributed by atoms with E-state index in [-0.39, 0.29) is 0 Å². The summed E-state index contributed by atoms with van der Waals surface area (Å²) in [6.45, 7) is 130. The molecule has 5 fully saturated rings. The Kier molecular flexibility index (Phi) is 29.9. The lowest BCUT2D eigenvalue weighted by atomic mass is 9.38. The van der Waals surface area contributed by atoms with E-state index in [0.717, 1.165) is 81.6 Å². The largest absolute Gasteiger partial charge is 0.466 e. The molecule has 6 aromatic rings. The third-order valence-corrected chi connectivity index (χ3v) is 40.4. The predicted octanol–water partition coefficient (Wildman–Crippen LogP) is 33.4. The number of rotatable bonds is 0. The van der Waals surface area contributed by atoms with Gasteiger partial charge in [-0.25, -0.2) is 15.0 Å². The topological polar surface area (TPSA) is 74.8 Å². The highest BCUT2D eigenvalue weighted by atomic mass is 32.1. The van der Waals surface area contributed by atoms with Crippen LogP contribution in [0.4, 0.5) is 0 Å². The van der Waals surface area contributed by atoms with E-state index in [0.29, 0.717) is 81.2 Å². The van der Waals surface area contributed by atoms with Crippen LogP contribution in [0.15, 0.2) is 42.3 Å². The van der Waals surface area contributed by atoms with E-state index in [1.54, 1.807) is 56.1 Å². The van der Waals surface area contributed by atoms with Crippen molar-refractivity contribution in [3.8, 4) is 0 Å². The number of nitrogens with zero attached hydrogens (tertiary/aromatic N) is 5. The molecule has 117 heavy (non-hydrogen) atoms. The van der Waals surface area contributed by atoms with Gasteiger partial charge >= 0.3 is 0 Å². The molecule has 6 aromatic heterocycles. The van der Waals surface area contributed by atoms with Crippen molar-refractivity contribution in [3.63, 3.8) is 0 Å². The zero-order valence-electron chi connectivity index (χ0n) is 87.4. The Hall–Kier alpha value is -4.04. The summed E-state index contributed by atoms with van der Waals surface area (Å²) >= 11 is 3.52. The summed E-state index contributed by atoms with van der Waals surface area (Å²) < 4.78 is 14.9. The van der Waals surface area contributed by atoms with Crippen molar-refractivity contribution in [1.82, 2.24) is 24.1 Å². The minimum absolute atomic E-state index is 0.346. The maximum absolute atomic E-state index is 5.34. The quantitative estimate of drug-likeness (QED) is 0.142. The van der Waals surface area contributed by atoms with Crippen LogP contribution < -0.4 is 0 Å². The second-order valence-corrected chi connectivity index (χ2v) is 51.5. The molecule has 0 aliphatic heterocycles. The number of imidazole rings is 1. The molecular formula is C107H182N5O2PS2. The molecule has 0 amide bonds. The van der Waals surface area contributed by atoms with E-state index >= 15 is 0 Å². The van der Waals surface area contributed by atoms with Crippen LogP contribution in [0.3, 0.4) is 0 Å². The fraction of sp³-hybridized carbons (Fsp3) is 0.757. The molecule has 6 unspecified atom stereocenters. The van der Waals surface area contributed by atoms with Crippen molar-refractivity contribution in [1.29, 1.82) is 0 Å². The lowest BCUT2D eigenvalue weighted by Crippen LogP contribution is -2.61. The molecular weight excluding hydrogens is 1480 g/mol. The number of aryl methyl sites for hydroxylation is 13. The third kappa shape index (κ3) is 17.0. The zero-order chi connectivity index (χ0) is 91.9. The van der Waals surface area contributed by atoms with Gasteiger partial charge in [-0.3, -0.25) is 0 Å². The monoisotopic (exact) mass is 1660 g/mol. The third-order valence-electron chi connectivity index (χ3n) is 37.3. The highest BCUT2D eigenvalue weighted by Crippen LogP contribution is 2.84. The molecule has 14 rings (SSSR count). The first kappa shape index (κ1) is 104. The van der Waals surface area contributed by atoms with E-state index in [1.807, 2.05) is 76.3 Å². The van der Waals surface area contributed by atoms with Gasteiger partial charge < -0.3 is 18.0 Å². The fourth-order valence-electron chi connectivity index (χ4n) is 29.3. The summed E-state index contributed by atoms with van der Waals surface area (Å²) in [5, 5.41) is 3.67. The number of aromatic nitrogens is 5. The molecule has 8 aliphatic rings. The molecule has 7 nitrogen and oxygen atoms in total. The Labute approximate surface area is 732 Å². The molecule has 0 aromatic carbocycles. The molecule has 5 saturated carbocycles. The maximum atomic E-state index is 5.34. The summed E-state index contributed by atoms with van der Waals surface area (Å²) in [4.78, 5) is 15.4. The van der Waals surface area contributed by atoms with Crippen LogP contribution >= 0.6 is 30.9 Å². The van der Waals surface area contributed by atoms with Gasteiger partial charge in [0, 0.05) is 46.2 Å². The average molecular weight is 1670 g/mol. The summed E-state index contributed by atoms with van der Waals surface area (Å²) in [5.74, 6) is 10.4. The maximum Gasteiger partial charge on any atom is 0.127 e. The lowest BCUT2D eigenvalue weighted by Gasteiger charge is -2.66. The van der Waals surface area contributed by atoms with Crippen LogP contribution in [0.1, 0.15) is 359 Å². The molecule has 0 saturated heterocycles. The fourth-order valence-corrected chi connectivity index (χ4v) is 31.7. The van der Waals surface area contributed by atoms with Gasteiger partial charge in [-0.1, -0.05) is 241 Å². The van der Waals surface area contributed by atoms with Crippen molar-refractivity contribution < 1.29 is 8.83 Å². The van der Waals surface area contributed by atoms with Gasteiger partial charge in [0.1, 0.15) is 28.6 Å². The predicted molar refractivity (Wildman–Crippen MR) is 517 cm³/mol. The van der Waals surface area contributed by atoms with Crippen molar-refractivity contribution in [3.05, 3.63) is 144 Å². The molecule has 8 bridgehead atoms. The Morgan fingerprint density at radius 1 is 0.274 bits per heavy atom. The summed E-state index contributed by atoms with van der Waals surface area (Å²) in [7, 11) is 5.40. The number of hydrogen-bond donors (Lipinski definition) is 0. The normalized spacial score (nSPS) is 27.0. The Morgan fingerprint density at radius 3 is 0.641 bits per heavy atom. The van der Waals surface area contributed by atoms with Gasteiger partial charge in [0.2, 0.25) is 0 Å². The van der Waals surface area contributed by atoms with Crippen molar-refractivity contribution >= 4 is 30.9 Å². The smallest absolute Gasteiger partial charge is 0.127 e. The molecule has 6 atom stereocenters. The van der Waals surface area contributed by atoms with Gasteiger partial charge in [0.25, 0.3) is 0 Å². The molecule has 0 N–H and O–H groups in total. The van der Waals surface area contributed by atoms with Crippen LogP contribution in [0.2, 0.25) is 0 Å². The summed E-state index contributed by atoms with van der Waals surface area (Å²) in [6.07, 6.45) is 0. The van der Waals surface area contributed by atoms with E-state index in [4.69, 9.17) is 8.83 Å². The van der Waals surface area contributed by atoms with E-state index in [9.17, 15) is 0 Å². The van der Waals surface area contributed by atoms with Crippen LogP contribution in [0.25, 0.3) is 0 Å². The Balaban J connectivity index is 0.000000235. The van der Waals surface area contributed by atoms with Gasteiger partial charge in [0.15, 0.2) is 0 Å². The first-order valence-corrected chi connectivity index (χ1v) is 47.4. The number of allylic oxidation sites excluding steroid dienone is 6. The average Bonchev–Trinajstić information content (AvgIpc) is 1.49. The van der Waals surface area contributed by atoms with Crippen LogP contribution in [0.5, 0.6) is 0 Å². The first-order chi connectivity index (χ1) is 52.1. The Morgan fingerprint density at radius 2 is 0.530 bits per heavy atom. The van der Waals surface area contributed by atoms with Crippen molar-refractivity contribution in [2.75, 3.05) is 0 Å². The van der Waals surface area contributed by atoms with Crippen LogP contribution in [-0.2, 0) is 14.1 Å².